The van der Waals surface area contributed by atoms with Gasteiger partial charge in [0.05, 0.1) is 6.10 Å². The average molecular weight is 198 g/mol. The molecule has 1 unspecified atom stereocenters. The molecular formula is C11H18O3. The van der Waals surface area contributed by atoms with Crippen LogP contribution in [0.5, 0.6) is 0 Å². The summed E-state index contributed by atoms with van der Waals surface area (Å²) < 4.78 is 5.02. The first-order valence-electron chi connectivity index (χ1n) is 4.55. The van der Waals surface area contributed by atoms with Crippen LogP contribution in [0.15, 0.2) is 24.8 Å². The molecule has 1 atom stereocenters. The van der Waals surface area contributed by atoms with E-state index in [1.54, 1.807) is 26.8 Å². The Kier molecular flexibility index (Phi) is 5.16. The van der Waals surface area contributed by atoms with Gasteiger partial charge in [0.25, 0.3) is 0 Å². The van der Waals surface area contributed by atoms with Crippen molar-refractivity contribution >= 4 is 5.97 Å². The fourth-order valence-corrected chi connectivity index (χ4v) is 0.736. The van der Waals surface area contributed by atoms with Crippen molar-refractivity contribution in [2.24, 2.45) is 0 Å². The molecule has 3 nitrogen and oxygen atoms in total. The predicted molar refractivity (Wildman–Crippen MR) is 55.8 cm³/mol. The van der Waals surface area contributed by atoms with Gasteiger partial charge < -0.3 is 9.84 Å². The molecule has 0 spiro atoms. The lowest BCUT2D eigenvalue weighted by Gasteiger charge is -2.17. The van der Waals surface area contributed by atoms with Crippen molar-refractivity contribution in [2.45, 2.75) is 38.9 Å². The maximum absolute atomic E-state index is 11.1. The molecule has 0 fully saturated rings. The molecule has 0 heterocycles. The second-order valence-corrected chi connectivity index (χ2v) is 3.97. The van der Waals surface area contributed by atoms with Crippen LogP contribution in [0.2, 0.25) is 0 Å². The topological polar surface area (TPSA) is 46.5 Å². The molecule has 0 bridgehead atoms. The van der Waals surface area contributed by atoms with Gasteiger partial charge in [-0.05, 0) is 27.2 Å². The van der Waals surface area contributed by atoms with Crippen molar-refractivity contribution in [3.63, 3.8) is 0 Å². The monoisotopic (exact) mass is 198 g/mol. The number of ether oxygens (including phenoxy) is 1. The normalized spacial score (nSPS) is 14.0. The van der Waals surface area contributed by atoms with Gasteiger partial charge in [-0.15, -0.1) is 6.58 Å². The number of rotatable bonds is 4. The van der Waals surface area contributed by atoms with Crippen molar-refractivity contribution in [3.8, 4) is 0 Å². The molecule has 14 heavy (non-hydrogen) atoms. The summed E-state index contributed by atoms with van der Waals surface area (Å²) in [5.41, 5.74) is -0.474. The fraction of sp³-hybridized carbons (Fsp3) is 0.545. The van der Waals surface area contributed by atoms with Crippen molar-refractivity contribution in [2.75, 3.05) is 0 Å². The maximum Gasteiger partial charge on any atom is 0.330 e. The predicted octanol–water partition coefficient (Wildman–Crippen LogP) is 1.82. The highest BCUT2D eigenvalue weighted by atomic mass is 16.6. The summed E-state index contributed by atoms with van der Waals surface area (Å²) in [5.74, 6) is -0.395. The zero-order valence-electron chi connectivity index (χ0n) is 8.99. The number of aliphatic hydroxyl groups excluding tert-OH is 1. The largest absolute Gasteiger partial charge is 0.457 e. The number of hydrogen-bond acceptors (Lipinski definition) is 3. The molecule has 0 saturated heterocycles. The Morgan fingerprint density at radius 2 is 2.14 bits per heavy atom. The van der Waals surface area contributed by atoms with E-state index in [1.807, 2.05) is 0 Å². The molecule has 1 N–H and O–H groups in total. The van der Waals surface area contributed by atoms with E-state index < -0.39 is 17.7 Å². The van der Waals surface area contributed by atoms with Crippen LogP contribution < -0.4 is 0 Å². The minimum atomic E-state index is -0.603. The maximum atomic E-state index is 11.1. The van der Waals surface area contributed by atoms with Gasteiger partial charge in [-0.1, -0.05) is 12.2 Å². The summed E-state index contributed by atoms with van der Waals surface area (Å²) in [6, 6.07) is 0. The molecule has 0 aliphatic rings. The summed E-state index contributed by atoms with van der Waals surface area (Å²) >= 11 is 0. The molecule has 0 aromatic heterocycles. The smallest absolute Gasteiger partial charge is 0.330 e. The number of hydrogen-bond donors (Lipinski definition) is 1. The minimum absolute atomic E-state index is 0.378. The highest BCUT2D eigenvalue weighted by molar-refractivity contribution is 5.82. The van der Waals surface area contributed by atoms with E-state index in [1.165, 1.54) is 12.2 Å². The second kappa shape index (κ2) is 5.60. The van der Waals surface area contributed by atoms with Crippen LogP contribution >= 0.6 is 0 Å². The molecule has 0 amide bonds. The Morgan fingerprint density at radius 3 is 2.57 bits per heavy atom. The minimum Gasteiger partial charge on any atom is -0.457 e. The van der Waals surface area contributed by atoms with Gasteiger partial charge in [-0.2, -0.15) is 0 Å². The van der Waals surface area contributed by atoms with Gasteiger partial charge in [0.15, 0.2) is 0 Å². The van der Waals surface area contributed by atoms with E-state index >= 15 is 0 Å². The van der Waals surface area contributed by atoms with Crippen LogP contribution in [0, 0.1) is 0 Å². The van der Waals surface area contributed by atoms with Crippen LogP contribution in [-0.4, -0.2) is 22.8 Å². The van der Waals surface area contributed by atoms with Gasteiger partial charge in [-0.3, -0.25) is 0 Å². The zero-order valence-corrected chi connectivity index (χ0v) is 8.99. The lowest BCUT2D eigenvalue weighted by molar-refractivity contribution is -0.148. The van der Waals surface area contributed by atoms with E-state index in [2.05, 4.69) is 6.58 Å². The average Bonchev–Trinajstić information content (AvgIpc) is 2.00. The summed E-state index contributed by atoms with van der Waals surface area (Å²) in [7, 11) is 0. The van der Waals surface area contributed by atoms with Gasteiger partial charge in [0.2, 0.25) is 0 Å². The van der Waals surface area contributed by atoms with Gasteiger partial charge in [-0.25, -0.2) is 4.79 Å². The Labute approximate surface area is 85.1 Å². The summed E-state index contributed by atoms with van der Waals surface area (Å²) in [6.45, 7) is 8.83. The first-order chi connectivity index (χ1) is 6.35. The van der Waals surface area contributed by atoms with Crippen molar-refractivity contribution < 1.29 is 14.6 Å². The van der Waals surface area contributed by atoms with Crippen molar-refractivity contribution in [3.05, 3.63) is 24.8 Å². The quantitative estimate of drug-likeness (QED) is 0.426. The van der Waals surface area contributed by atoms with Crippen LogP contribution in [0.3, 0.4) is 0 Å². The summed E-state index contributed by atoms with van der Waals surface area (Å²) in [4.78, 5) is 11.1. The first kappa shape index (κ1) is 12.9. The van der Waals surface area contributed by atoms with Crippen LogP contribution in [0.4, 0.5) is 0 Å². The molecule has 0 aromatic rings. The lowest BCUT2D eigenvalue weighted by atomic mass is 10.2. The molecule has 0 aliphatic carbocycles. The summed E-state index contributed by atoms with van der Waals surface area (Å²) in [5, 5.41) is 9.08. The van der Waals surface area contributed by atoms with Crippen LogP contribution in [0.25, 0.3) is 0 Å². The molecule has 3 heteroatoms. The van der Waals surface area contributed by atoms with Gasteiger partial charge >= 0.3 is 5.97 Å². The molecule has 0 rings (SSSR count). The molecule has 80 valence electrons. The van der Waals surface area contributed by atoms with E-state index in [9.17, 15) is 4.79 Å². The highest BCUT2D eigenvalue weighted by Gasteiger charge is 2.13. The van der Waals surface area contributed by atoms with Gasteiger partial charge in [0.1, 0.15) is 5.60 Å². The third-order valence-corrected chi connectivity index (χ3v) is 1.31. The molecule has 0 saturated carbocycles. The van der Waals surface area contributed by atoms with Crippen LogP contribution in [-0.2, 0) is 9.53 Å². The van der Waals surface area contributed by atoms with Crippen molar-refractivity contribution in [1.29, 1.82) is 0 Å². The van der Waals surface area contributed by atoms with E-state index in [4.69, 9.17) is 9.84 Å². The zero-order chi connectivity index (χ0) is 11.2. The van der Waals surface area contributed by atoms with Crippen molar-refractivity contribution in [1.82, 2.24) is 0 Å². The molecule has 0 aliphatic heterocycles. The Balaban J connectivity index is 3.89. The molecule has 0 radical (unpaired) electrons. The number of carbonyl (C=O) groups excluding carboxylic acids is 1. The van der Waals surface area contributed by atoms with E-state index in [0.717, 1.165) is 0 Å². The molecular weight excluding hydrogens is 180 g/mol. The van der Waals surface area contributed by atoms with E-state index in [-0.39, 0.29) is 0 Å². The lowest BCUT2D eigenvalue weighted by Crippen LogP contribution is -2.22. The second-order valence-electron chi connectivity index (χ2n) is 3.97. The molecule has 0 aromatic carbocycles. The fourth-order valence-electron chi connectivity index (χ4n) is 0.736. The van der Waals surface area contributed by atoms with E-state index in [0.29, 0.717) is 6.42 Å². The van der Waals surface area contributed by atoms with Gasteiger partial charge in [0, 0.05) is 6.08 Å². The highest BCUT2D eigenvalue weighted by Crippen LogP contribution is 2.07. The Morgan fingerprint density at radius 1 is 1.57 bits per heavy atom. The number of esters is 1. The SMILES string of the molecule is C=CC(O)C/C=C/C(=O)OC(C)(C)C. The third-order valence-electron chi connectivity index (χ3n) is 1.31. The van der Waals surface area contributed by atoms with Crippen LogP contribution in [0.1, 0.15) is 27.2 Å². The Bertz CT molecular complexity index is 223. The third kappa shape index (κ3) is 7.55. The number of carbonyl (C=O) groups is 1. The number of aliphatic hydroxyl groups is 1. The first-order valence-corrected chi connectivity index (χ1v) is 4.55. The standard InChI is InChI=1S/C11H18O3/c1-5-9(12)7-6-8-10(13)14-11(2,3)4/h5-6,8-9,12H,1,7H2,2-4H3/b8-6+. The summed E-state index contributed by atoms with van der Waals surface area (Å²) in [6.07, 6.45) is 4.08. The Hall–Kier alpha value is -1.09.